The van der Waals surface area contributed by atoms with Crippen molar-refractivity contribution in [1.82, 2.24) is 0 Å². The Morgan fingerprint density at radius 2 is 1.92 bits per heavy atom. The summed E-state index contributed by atoms with van der Waals surface area (Å²) in [5.41, 5.74) is 2.92. The normalized spacial score (nSPS) is 16.9. The number of benzene rings is 2. The molecule has 1 heterocycles. The standard InChI is InChI=1S/C20H21NO4/c1-25-17-10-6-14(7-11-17)13-21-18-5-3-2-4-15(18)8-9-16(20(21)24)12-19(22)23/h2-7,10-11,16H,8-9,12-13H2,1H3,(H,22,23). The number of hydrogen-bond acceptors (Lipinski definition) is 3. The minimum absolute atomic E-state index is 0.122. The van der Waals surface area contributed by atoms with Crippen molar-refractivity contribution in [2.24, 2.45) is 5.92 Å². The van der Waals surface area contributed by atoms with Crippen molar-refractivity contribution < 1.29 is 19.4 Å². The van der Waals surface area contributed by atoms with Gasteiger partial charge in [0, 0.05) is 11.6 Å². The first-order valence-corrected chi connectivity index (χ1v) is 8.32. The second-order valence-electron chi connectivity index (χ2n) is 6.23. The Morgan fingerprint density at radius 1 is 1.20 bits per heavy atom. The van der Waals surface area contributed by atoms with Gasteiger partial charge in [0.1, 0.15) is 5.75 Å². The van der Waals surface area contributed by atoms with Crippen LogP contribution in [0, 0.1) is 5.92 Å². The van der Waals surface area contributed by atoms with Crippen molar-refractivity contribution in [2.75, 3.05) is 12.0 Å². The molecule has 1 unspecified atom stereocenters. The van der Waals surface area contributed by atoms with Crippen LogP contribution in [0.4, 0.5) is 5.69 Å². The quantitative estimate of drug-likeness (QED) is 0.908. The second-order valence-corrected chi connectivity index (χ2v) is 6.23. The van der Waals surface area contributed by atoms with Gasteiger partial charge in [-0.15, -0.1) is 0 Å². The van der Waals surface area contributed by atoms with Gasteiger partial charge in [-0.2, -0.15) is 0 Å². The number of carbonyl (C=O) groups excluding carboxylic acids is 1. The number of carbonyl (C=O) groups is 2. The van der Waals surface area contributed by atoms with Crippen LogP contribution in [0.5, 0.6) is 5.75 Å². The predicted molar refractivity (Wildman–Crippen MR) is 94.7 cm³/mol. The predicted octanol–water partition coefficient (Wildman–Crippen LogP) is 3.27. The number of aryl methyl sites for hydroxylation is 1. The average molecular weight is 339 g/mol. The summed E-state index contributed by atoms with van der Waals surface area (Å²) >= 11 is 0. The van der Waals surface area contributed by atoms with E-state index in [-0.39, 0.29) is 12.3 Å². The van der Waals surface area contributed by atoms with Crippen LogP contribution < -0.4 is 9.64 Å². The van der Waals surface area contributed by atoms with Crippen LogP contribution in [-0.2, 0) is 22.6 Å². The number of carboxylic acid groups (broad SMARTS) is 1. The molecule has 5 heteroatoms. The maximum atomic E-state index is 13.0. The van der Waals surface area contributed by atoms with E-state index in [1.54, 1.807) is 12.0 Å². The zero-order valence-electron chi connectivity index (χ0n) is 14.1. The van der Waals surface area contributed by atoms with Crippen LogP contribution in [0.15, 0.2) is 48.5 Å². The Morgan fingerprint density at radius 3 is 2.60 bits per heavy atom. The number of para-hydroxylation sites is 1. The van der Waals surface area contributed by atoms with Gasteiger partial charge in [-0.1, -0.05) is 30.3 Å². The number of fused-ring (bicyclic) bond motifs is 1. The summed E-state index contributed by atoms with van der Waals surface area (Å²) in [4.78, 5) is 25.9. The van der Waals surface area contributed by atoms with E-state index in [0.29, 0.717) is 19.4 Å². The Bertz CT molecular complexity index is 770. The lowest BCUT2D eigenvalue weighted by molar-refractivity contribution is -0.140. The van der Waals surface area contributed by atoms with Crippen LogP contribution >= 0.6 is 0 Å². The Hall–Kier alpha value is -2.82. The fourth-order valence-corrected chi connectivity index (χ4v) is 3.25. The molecule has 0 aliphatic carbocycles. The van der Waals surface area contributed by atoms with Gasteiger partial charge < -0.3 is 14.7 Å². The zero-order chi connectivity index (χ0) is 17.8. The molecular formula is C20H21NO4. The average Bonchev–Trinajstić information content (AvgIpc) is 2.74. The van der Waals surface area contributed by atoms with Gasteiger partial charge in [-0.25, -0.2) is 0 Å². The van der Waals surface area contributed by atoms with Gasteiger partial charge in [0.2, 0.25) is 5.91 Å². The molecule has 1 N–H and O–H groups in total. The number of anilines is 1. The maximum Gasteiger partial charge on any atom is 0.304 e. The summed E-state index contributed by atoms with van der Waals surface area (Å²) in [6.07, 6.45) is 1.13. The van der Waals surface area contributed by atoms with E-state index in [1.165, 1.54) is 0 Å². The Labute approximate surface area is 146 Å². The van der Waals surface area contributed by atoms with Crippen molar-refractivity contribution in [3.63, 3.8) is 0 Å². The van der Waals surface area contributed by atoms with Crippen molar-refractivity contribution >= 4 is 17.6 Å². The molecule has 1 atom stereocenters. The molecule has 0 saturated heterocycles. The molecule has 130 valence electrons. The van der Waals surface area contributed by atoms with Gasteiger partial charge in [-0.3, -0.25) is 9.59 Å². The molecule has 0 spiro atoms. The van der Waals surface area contributed by atoms with E-state index in [0.717, 1.165) is 22.6 Å². The summed E-state index contributed by atoms with van der Waals surface area (Å²) in [7, 11) is 1.61. The Kier molecular flexibility index (Phi) is 5.03. The molecule has 0 fully saturated rings. The van der Waals surface area contributed by atoms with Crippen molar-refractivity contribution in [1.29, 1.82) is 0 Å². The highest BCUT2D eigenvalue weighted by Crippen LogP contribution is 2.32. The topological polar surface area (TPSA) is 66.8 Å². The number of ether oxygens (including phenoxy) is 1. The van der Waals surface area contributed by atoms with E-state index in [1.807, 2.05) is 48.5 Å². The molecule has 1 aliphatic heterocycles. The summed E-state index contributed by atoms with van der Waals surface area (Å²) in [6, 6.07) is 15.4. The lowest BCUT2D eigenvalue weighted by Gasteiger charge is -2.25. The molecule has 0 saturated carbocycles. The van der Waals surface area contributed by atoms with Gasteiger partial charge in [0.25, 0.3) is 0 Å². The first kappa shape index (κ1) is 17.0. The van der Waals surface area contributed by atoms with Crippen molar-refractivity contribution in [3.8, 4) is 5.75 Å². The number of methoxy groups -OCH3 is 1. The summed E-state index contributed by atoms with van der Waals surface area (Å²) in [5.74, 6) is -0.796. The molecule has 0 aromatic heterocycles. The molecule has 2 aromatic carbocycles. The van der Waals surface area contributed by atoms with Crippen LogP contribution in [0.1, 0.15) is 24.0 Å². The molecule has 0 bridgehead atoms. The summed E-state index contributed by atoms with van der Waals surface area (Å²) in [6.45, 7) is 0.413. The van der Waals surface area contributed by atoms with E-state index in [9.17, 15) is 9.59 Å². The second kappa shape index (κ2) is 7.38. The summed E-state index contributed by atoms with van der Waals surface area (Å²) in [5, 5.41) is 9.14. The number of hydrogen-bond donors (Lipinski definition) is 1. The smallest absolute Gasteiger partial charge is 0.304 e. The largest absolute Gasteiger partial charge is 0.497 e. The molecule has 25 heavy (non-hydrogen) atoms. The first-order valence-electron chi connectivity index (χ1n) is 8.32. The first-order chi connectivity index (χ1) is 12.1. The third-order valence-corrected chi connectivity index (χ3v) is 4.58. The van der Waals surface area contributed by atoms with Gasteiger partial charge in [-0.05, 0) is 42.2 Å². The van der Waals surface area contributed by atoms with E-state index in [2.05, 4.69) is 0 Å². The highest BCUT2D eigenvalue weighted by Gasteiger charge is 2.31. The number of aliphatic carboxylic acids is 1. The highest BCUT2D eigenvalue weighted by atomic mass is 16.5. The van der Waals surface area contributed by atoms with Crippen molar-refractivity contribution in [2.45, 2.75) is 25.8 Å². The molecule has 3 rings (SSSR count). The number of nitrogens with zero attached hydrogens (tertiary/aromatic N) is 1. The van der Waals surface area contributed by atoms with Crippen LogP contribution in [0.25, 0.3) is 0 Å². The monoisotopic (exact) mass is 339 g/mol. The van der Waals surface area contributed by atoms with E-state index in [4.69, 9.17) is 9.84 Å². The fourth-order valence-electron chi connectivity index (χ4n) is 3.25. The number of rotatable bonds is 5. The summed E-state index contributed by atoms with van der Waals surface area (Å²) < 4.78 is 5.17. The molecule has 1 aliphatic rings. The number of amides is 1. The van der Waals surface area contributed by atoms with E-state index >= 15 is 0 Å². The van der Waals surface area contributed by atoms with Crippen LogP contribution in [0.2, 0.25) is 0 Å². The lowest BCUT2D eigenvalue weighted by Crippen LogP contribution is -2.35. The van der Waals surface area contributed by atoms with Gasteiger partial charge in [0.05, 0.1) is 20.1 Å². The zero-order valence-corrected chi connectivity index (χ0v) is 14.1. The molecule has 2 aromatic rings. The Balaban J connectivity index is 1.93. The third-order valence-electron chi connectivity index (χ3n) is 4.58. The highest BCUT2D eigenvalue weighted by molar-refractivity contribution is 5.98. The van der Waals surface area contributed by atoms with Gasteiger partial charge in [0.15, 0.2) is 0 Å². The third kappa shape index (κ3) is 3.82. The molecular weight excluding hydrogens is 318 g/mol. The van der Waals surface area contributed by atoms with Gasteiger partial charge >= 0.3 is 5.97 Å². The minimum atomic E-state index is -0.936. The van der Waals surface area contributed by atoms with Crippen LogP contribution in [-0.4, -0.2) is 24.1 Å². The SMILES string of the molecule is COc1ccc(CN2C(=O)C(CC(=O)O)CCc3ccccc32)cc1. The van der Waals surface area contributed by atoms with Crippen LogP contribution in [0.3, 0.4) is 0 Å². The molecule has 1 amide bonds. The van der Waals surface area contributed by atoms with Crippen molar-refractivity contribution in [3.05, 3.63) is 59.7 Å². The molecule has 5 nitrogen and oxygen atoms in total. The minimum Gasteiger partial charge on any atom is -0.497 e. The lowest BCUT2D eigenvalue weighted by atomic mass is 9.97. The number of carboxylic acids is 1. The maximum absolute atomic E-state index is 13.0. The van der Waals surface area contributed by atoms with E-state index < -0.39 is 11.9 Å². The fraction of sp³-hybridized carbons (Fsp3) is 0.300. The molecule has 0 radical (unpaired) electrons.